The van der Waals surface area contributed by atoms with Gasteiger partial charge in [-0.3, -0.25) is 4.98 Å². The second kappa shape index (κ2) is 10.1. The second-order valence-electron chi connectivity index (χ2n) is 6.26. The van der Waals surface area contributed by atoms with Gasteiger partial charge in [-0.1, -0.05) is 44.4 Å². The van der Waals surface area contributed by atoms with Crippen LogP contribution in [-0.2, 0) is 6.42 Å². The maximum Gasteiger partial charge on any atom is 0.127 e. The molecule has 0 saturated heterocycles. The molecule has 1 aromatic carbocycles. The highest BCUT2D eigenvalue weighted by atomic mass is 19.1. The Labute approximate surface area is 145 Å². The van der Waals surface area contributed by atoms with E-state index in [1.807, 2.05) is 30.5 Å². The highest BCUT2D eigenvalue weighted by Gasteiger charge is 2.11. The molecule has 1 aromatic heterocycles. The summed E-state index contributed by atoms with van der Waals surface area (Å²) in [4.78, 5) is 4.21. The number of hydrogen-bond acceptors (Lipinski definition) is 2. The van der Waals surface area contributed by atoms with Crippen molar-refractivity contribution in [3.05, 3.63) is 48.3 Å². The van der Waals surface area contributed by atoms with Crippen molar-refractivity contribution in [3.8, 4) is 16.9 Å². The zero-order valence-corrected chi connectivity index (χ0v) is 14.8. The van der Waals surface area contributed by atoms with Gasteiger partial charge in [0.1, 0.15) is 5.75 Å². The minimum atomic E-state index is -0.803. The van der Waals surface area contributed by atoms with Gasteiger partial charge < -0.3 is 4.74 Å². The Morgan fingerprint density at radius 2 is 1.92 bits per heavy atom. The lowest BCUT2D eigenvalue weighted by Crippen LogP contribution is -2.01. The Balaban J connectivity index is 2.14. The molecule has 0 bridgehead atoms. The number of aryl methyl sites for hydroxylation is 1. The van der Waals surface area contributed by atoms with Gasteiger partial charge in [-0.25, -0.2) is 4.39 Å². The highest BCUT2D eigenvalue weighted by molar-refractivity contribution is 5.72. The maximum atomic E-state index is 13.2. The first-order chi connectivity index (χ1) is 11.7. The van der Waals surface area contributed by atoms with E-state index in [2.05, 4.69) is 18.0 Å². The monoisotopic (exact) mass is 329 g/mol. The first-order valence-electron chi connectivity index (χ1n) is 9.01. The summed E-state index contributed by atoms with van der Waals surface area (Å²) in [5.41, 5.74) is 3.23. The first-order valence-corrected chi connectivity index (χ1v) is 9.01. The molecule has 0 N–H and O–H groups in total. The molecule has 2 aromatic rings. The number of para-hydroxylation sites is 1. The van der Waals surface area contributed by atoms with Crippen molar-refractivity contribution >= 4 is 0 Å². The molecule has 0 aliphatic carbocycles. The number of rotatable bonds is 10. The molecule has 0 amide bonds. The third-order valence-electron chi connectivity index (χ3n) is 4.15. The van der Waals surface area contributed by atoms with Gasteiger partial charge in [0.2, 0.25) is 0 Å². The molecule has 0 aliphatic heterocycles. The lowest BCUT2D eigenvalue weighted by Gasteiger charge is -2.14. The number of pyridine rings is 1. The topological polar surface area (TPSA) is 22.1 Å². The Bertz CT molecular complexity index is 612. The van der Waals surface area contributed by atoms with Gasteiger partial charge in [-0.05, 0) is 49.4 Å². The van der Waals surface area contributed by atoms with Crippen LogP contribution in [0.3, 0.4) is 0 Å². The van der Waals surface area contributed by atoms with E-state index in [1.165, 1.54) is 19.3 Å². The smallest absolute Gasteiger partial charge is 0.127 e. The van der Waals surface area contributed by atoms with Crippen molar-refractivity contribution in [1.82, 2.24) is 4.98 Å². The lowest BCUT2D eigenvalue weighted by molar-refractivity contribution is 0.306. The van der Waals surface area contributed by atoms with Crippen LogP contribution in [0.15, 0.2) is 42.7 Å². The van der Waals surface area contributed by atoms with E-state index in [9.17, 15) is 4.39 Å². The summed E-state index contributed by atoms with van der Waals surface area (Å²) in [6.45, 7) is 4.54. The second-order valence-corrected chi connectivity index (χ2v) is 6.26. The van der Waals surface area contributed by atoms with Gasteiger partial charge in [-0.2, -0.15) is 0 Å². The number of hydrogen-bond donors (Lipinski definition) is 0. The van der Waals surface area contributed by atoms with Crippen LogP contribution in [0.2, 0.25) is 0 Å². The molecule has 2 nitrogen and oxygen atoms in total. The van der Waals surface area contributed by atoms with Crippen LogP contribution in [0.5, 0.6) is 5.75 Å². The number of aromatic nitrogens is 1. The number of unbranched alkanes of at least 4 members (excludes halogenated alkanes) is 3. The van der Waals surface area contributed by atoms with Gasteiger partial charge in [-0.15, -0.1) is 0 Å². The van der Waals surface area contributed by atoms with Crippen LogP contribution in [0.4, 0.5) is 4.39 Å². The molecule has 1 heterocycles. The fourth-order valence-corrected chi connectivity index (χ4v) is 2.77. The average Bonchev–Trinajstić information content (AvgIpc) is 2.60. The van der Waals surface area contributed by atoms with E-state index in [-0.39, 0.29) is 0 Å². The molecule has 0 radical (unpaired) electrons. The van der Waals surface area contributed by atoms with Crippen LogP contribution in [0.1, 0.15) is 51.5 Å². The third kappa shape index (κ3) is 5.63. The van der Waals surface area contributed by atoms with Crippen LogP contribution >= 0.6 is 0 Å². The highest BCUT2D eigenvalue weighted by Crippen LogP contribution is 2.32. The summed E-state index contributed by atoms with van der Waals surface area (Å²) in [6.07, 6.45) is 8.78. The minimum Gasteiger partial charge on any atom is -0.493 e. The summed E-state index contributed by atoms with van der Waals surface area (Å²) in [6, 6.07) is 10.1. The van der Waals surface area contributed by atoms with Gasteiger partial charge in [0.15, 0.2) is 0 Å². The molecule has 0 saturated carbocycles. The van der Waals surface area contributed by atoms with Crippen molar-refractivity contribution in [2.24, 2.45) is 0 Å². The van der Waals surface area contributed by atoms with E-state index in [0.717, 1.165) is 35.5 Å². The molecule has 24 heavy (non-hydrogen) atoms. The third-order valence-corrected chi connectivity index (χ3v) is 4.15. The van der Waals surface area contributed by atoms with Crippen LogP contribution in [0, 0.1) is 0 Å². The standard InChI is InChI=1S/C21H28FNO/c1-3-4-5-8-15-24-21-10-7-6-9-20(21)19-13-14-23-16-18(19)12-11-17(2)22/h6-7,9-10,13-14,16-17H,3-5,8,11-12,15H2,1-2H3. The van der Waals surface area contributed by atoms with Crippen molar-refractivity contribution < 1.29 is 9.13 Å². The molecule has 1 unspecified atom stereocenters. The van der Waals surface area contributed by atoms with Gasteiger partial charge in [0.25, 0.3) is 0 Å². The predicted octanol–water partition coefficient (Wildman–Crippen LogP) is 6.00. The Hall–Kier alpha value is -1.90. The van der Waals surface area contributed by atoms with Gasteiger partial charge in [0, 0.05) is 18.0 Å². The van der Waals surface area contributed by atoms with E-state index < -0.39 is 6.17 Å². The summed E-state index contributed by atoms with van der Waals surface area (Å²) in [5, 5.41) is 0. The SMILES string of the molecule is CCCCCCOc1ccccc1-c1ccncc1CCC(C)F. The number of halogens is 1. The van der Waals surface area contributed by atoms with Crippen LogP contribution in [-0.4, -0.2) is 17.8 Å². The molecule has 2 rings (SSSR count). The van der Waals surface area contributed by atoms with E-state index in [4.69, 9.17) is 4.74 Å². The maximum absolute atomic E-state index is 13.2. The Morgan fingerprint density at radius 1 is 1.08 bits per heavy atom. The summed E-state index contributed by atoms with van der Waals surface area (Å²) < 4.78 is 19.2. The summed E-state index contributed by atoms with van der Waals surface area (Å²) in [7, 11) is 0. The normalized spacial score (nSPS) is 12.1. The van der Waals surface area contributed by atoms with Crippen molar-refractivity contribution in [3.63, 3.8) is 0 Å². The molecule has 0 fully saturated rings. The largest absolute Gasteiger partial charge is 0.493 e. The predicted molar refractivity (Wildman–Crippen MR) is 98.2 cm³/mol. The van der Waals surface area contributed by atoms with E-state index in [1.54, 1.807) is 13.1 Å². The Morgan fingerprint density at radius 3 is 2.71 bits per heavy atom. The number of benzene rings is 1. The molecule has 1 atom stereocenters. The van der Waals surface area contributed by atoms with E-state index >= 15 is 0 Å². The van der Waals surface area contributed by atoms with Crippen LogP contribution in [0.25, 0.3) is 11.1 Å². The van der Waals surface area contributed by atoms with Crippen LogP contribution < -0.4 is 4.74 Å². The quantitative estimate of drug-likeness (QED) is 0.499. The van der Waals surface area contributed by atoms with Gasteiger partial charge >= 0.3 is 0 Å². The zero-order chi connectivity index (χ0) is 17.2. The summed E-state index contributed by atoms with van der Waals surface area (Å²) in [5.74, 6) is 0.898. The zero-order valence-electron chi connectivity index (χ0n) is 14.8. The van der Waals surface area contributed by atoms with Crippen molar-refractivity contribution in [2.75, 3.05) is 6.61 Å². The lowest BCUT2D eigenvalue weighted by atomic mass is 9.97. The van der Waals surface area contributed by atoms with E-state index in [0.29, 0.717) is 12.8 Å². The molecular formula is C21H28FNO. The minimum absolute atomic E-state index is 0.513. The number of nitrogens with zero attached hydrogens (tertiary/aromatic N) is 1. The molecule has 130 valence electrons. The Kier molecular flexibility index (Phi) is 7.73. The molecule has 0 spiro atoms. The number of alkyl halides is 1. The summed E-state index contributed by atoms with van der Waals surface area (Å²) >= 11 is 0. The fourth-order valence-electron chi connectivity index (χ4n) is 2.77. The molecular weight excluding hydrogens is 301 g/mol. The van der Waals surface area contributed by atoms with Gasteiger partial charge in [0.05, 0.1) is 12.8 Å². The molecule has 0 aliphatic rings. The van der Waals surface area contributed by atoms with Crippen molar-refractivity contribution in [1.29, 1.82) is 0 Å². The molecule has 3 heteroatoms. The number of ether oxygens (including phenoxy) is 1. The fraction of sp³-hybridized carbons (Fsp3) is 0.476. The first kappa shape index (κ1) is 18.4. The van der Waals surface area contributed by atoms with Crippen molar-refractivity contribution in [2.45, 2.75) is 58.5 Å². The average molecular weight is 329 g/mol.